The molecule has 2 N–H and O–H groups in total. The Balaban J connectivity index is 2.07. The molecular formula is C17H16ClN3O7. The van der Waals surface area contributed by atoms with Gasteiger partial charge in [0.25, 0.3) is 17.3 Å². The topological polar surface area (TPSA) is 145 Å². The molecule has 11 heteroatoms. The van der Waals surface area contributed by atoms with Crippen molar-refractivity contribution in [1.29, 1.82) is 0 Å². The van der Waals surface area contributed by atoms with Gasteiger partial charge in [0.1, 0.15) is 17.4 Å². The van der Waals surface area contributed by atoms with Crippen LogP contribution in [0.2, 0.25) is 5.02 Å². The fourth-order valence-corrected chi connectivity index (χ4v) is 2.40. The Morgan fingerprint density at radius 3 is 2.39 bits per heavy atom. The highest BCUT2D eigenvalue weighted by molar-refractivity contribution is 6.32. The van der Waals surface area contributed by atoms with Gasteiger partial charge in [0, 0.05) is 17.3 Å². The summed E-state index contributed by atoms with van der Waals surface area (Å²) in [6, 6.07) is 7.68. The Morgan fingerprint density at radius 1 is 1.18 bits per heavy atom. The van der Waals surface area contributed by atoms with Crippen LogP contribution in [0.5, 0.6) is 5.75 Å². The number of carbonyl (C=O) groups is 1. The highest BCUT2D eigenvalue weighted by Gasteiger charge is 2.32. The van der Waals surface area contributed by atoms with Crippen molar-refractivity contribution >= 4 is 34.6 Å². The smallest absolute Gasteiger partial charge is 0.291 e. The Morgan fingerprint density at radius 2 is 1.82 bits per heavy atom. The number of hydrogen-bond acceptors (Lipinski definition) is 7. The number of nitrogens with zero attached hydrogens (tertiary/aromatic N) is 2. The SMILES string of the molecule is Cc1cc(NC(=O)C(C)(O)COc2ccc(Cl)c([N+](=O)[O-])c2)ccc1[N+](=O)[O-]. The average molecular weight is 410 g/mol. The first kappa shape index (κ1) is 21.1. The predicted octanol–water partition coefficient (Wildman–Crippen LogP) is 3.23. The molecule has 0 bridgehead atoms. The third-order valence-electron chi connectivity index (χ3n) is 3.77. The van der Waals surface area contributed by atoms with Crippen LogP contribution in [0.3, 0.4) is 0 Å². The number of carbonyl (C=O) groups excluding carboxylic acids is 1. The van der Waals surface area contributed by atoms with E-state index in [9.17, 15) is 30.1 Å². The lowest BCUT2D eigenvalue weighted by atomic mass is 10.1. The summed E-state index contributed by atoms with van der Waals surface area (Å²) >= 11 is 5.71. The summed E-state index contributed by atoms with van der Waals surface area (Å²) in [5.74, 6) is -0.764. The minimum Gasteiger partial charge on any atom is -0.490 e. The van der Waals surface area contributed by atoms with Crippen LogP contribution in [0.15, 0.2) is 36.4 Å². The van der Waals surface area contributed by atoms with Gasteiger partial charge in [-0.15, -0.1) is 0 Å². The number of anilines is 1. The van der Waals surface area contributed by atoms with E-state index in [-0.39, 0.29) is 27.8 Å². The van der Waals surface area contributed by atoms with Crippen LogP contribution in [0.4, 0.5) is 17.1 Å². The number of halogens is 1. The van der Waals surface area contributed by atoms with Gasteiger partial charge in [0.15, 0.2) is 5.60 Å². The van der Waals surface area contributed by atoms with Gasteiger partial charge >= 0.3 is 0 Å². The van der Waals surface area contributed by atoms with Gasteiger partial charge < -0.3 is 15.2 Å². The quantitative estimate of drug-likeness (QED) is 0.527. The van der Waals surface area contributed by atoms with Crippen LogP contribution in [-0.4, -0.2) is 33.1 Å². The summed E-state index contributed by atoms with van der Waals surface area (Å²) in [7, 11) is 0. The molecule has 1 atom stereocenters. The van der Waals surface area contributed by atoms with E-state index in [4.69, 9.17) is 16.3 Å². The number of amides is 1. The van der Waals surface area contributed by atoms with Crippen molar-refractivity contribution in [1.82, 2.24) is 0 Å². The molecule has 0 saturated carbocycles. The third-order valence-corrected chi connectivity index (χ3v) is 4.09. The molecule has 10 nitrogen and oxygen atoms in total. The molecule has 2 rings (SSSR count). The molecule has 0 radical (unpaired) electrons. The van der Waals surface area contributed by atoms with E-state index in [0.717, 1.165) is 6.07 Å². The van der Waals surface area contributed by atoms with Crippen LogP contribution in [0.25, 0.3) is 0 Å². The van der Waals surface area contributed by atoms with Crippen LogP contribution < -0.4 is 10.1 Å². The number of aryl methyl sites for hydroxylation is 1. The molecule has 28 heavy (non-hydrogen) atoms. The average Bonchev–Trinajstić information content (AvgIpc) is 2.60. The molecule has 0 saturated heterocycles. The van der Waals surface area contributed by atoms with Gasteiger partial charge in [-0.1, -0.05) is 11.6 Å². The summed E-state index contributed by atoms with van der Waals surface area (Å²) in [4.78, 5) is 32.8. The van der Waals surface area contributed by atoms with Crippen molar-refractivity contribution < 1.29 is 24.5 Å². The minimum absolute atomic E-state index is 0.0513. The van der Waals surface area contributed by atoms with Crippen molar-refractivity contribution in [2.45, 2.75) is 19.4 Å². The number of nitro groups is 2. The van der Waals surface area contributed by atoms with Gasteiger partial charge in [-0.05, 0) is 38.1 Å². The van der Waals surface area contributed by atoms with Crippen molar-refractivity contribution in [3.05, 3.63) is 67.2 Å². The molecule has 0 fully saturated rings. The van der Waals surface area contributed by atoms with Gasteiger partial charge in [0.2, 0.25) is 0 Å². The van der Waals surface area contributed by atoms with Gasteiger partial charge in [-0.2, -0.15) is 0 Å². The van der Waals surface area contributed by atoms with E-state index in [1.165, 1.54) is 44.2 Å². The summed E-state index contributed by atoms with van der Waals surface area (Å²) in [6.07, 6.45) is 0. The van der Waals surface area contributed by atoms with Crippen molar-refractivity contribution in [3.8, 4) is 5.75 Å². The summed E-state index contributed by atoms with van der Waals surface area (Å²) in [6.45, 7) is 2.22. The van der Waals surface area contributed by atoms with E-state index in [1.54, 1.807) is 0 Å². The van der Waals surface area contributed by atoms with E-state index >= 15 is 0 Å². The Bertz CT molecular complexity index is 946. The highest BCUT2D eigenvalue weighted by atomic mass is 35.5. The number of benzene rings is 2. The van der Waals surface area contributed by atoms with Crippen molar-refractivity contribution in [3.63, 3.8) is 0 Å². The summed E-state index contributed by atoms with van der Waals surface area (Å²) in [5.41, 5.74) is -1.85. The summed E-state index contributed by atoms with van der Waals surface area (Å²) in [5, 5.41) is 34.4. The van der Waals surface area contributed by atoms with E-state index in [0.29, 0.717) is 5.56 Å². The number of hydrogen-bond donors (Lipinski definition) is 2. The normalized spacial score (nSPS) is 12.7. The molecular weight excluding hydrogens is 394 g/mol. The molecule has 148 valence electrons. The van der Waals surface area contributed by atoms with Gasteiger partial charge in [-0.3, -0.25) is 25.0 Å². The second kappa shape index (κ2) is 8.19. The minimum atomic E-state index is -1.98. The first-order valence-electron chi connectivity index (χ1n) is 7.87. The van der Waals surface area contributed by atoms with Crippen LogP contribution >= 0.6 is 11.6 Å². The zero-order chi connectivity index (χ0) is 21.1. The molecule has 2 aromatic carbocycles. The first-order valence-corrected chi connectivity index (χ1v) is 8.24. The monoisotopic (exact) mass is 409 g/mol. The van der Waals surface area contributed by atoms with Crippen LogP contribution in [0.1, 0.15) is 12.5 Å². The van der Waals surface area contributed by atoms with Crippen molar-refractivity contribution in [2.75, 3.05) is 11.9 Å². The maximum atomic E-state index is 12.3. The molecule has 2 aromatic rings. The number of nitro benzene ring substituents is 2. The van der Waals surface area contributed by atoms with Crippen LogP contribution in [-0.2, 0) is 4.79 Å². The zero-order valence-electron chi connectivity index (χ0n) is 14.8. The molecule has 0 aromatic heterocycles. The fraction of sp³-hybridized carbons (Fsp3) is 0.235. The maximum Gasteiger partial charge on any atom is 0.291 e. The summed E-state index contributed by atoms with van der Waals surface area (Å²) < 4.78 is 5.29. The van der Waals surface area contributed by atoms with E-state index in [2.05, 4.69) is 5.32 Å². The third kappa shape index (κ3) is 4.93. The molecule has 0 aliphatic heterocycles. The molecule has 0 heterocycles. The second-order valence-corrected chi connectivity index (χ2v) is 6.55. The lowest BCUT2D eigenvalue weighted by Gasteiger charge is -2.22. The predicted molar refractivity (Wildman–Crippen MR) is 101 cm³/mol. The lowest BCUT2D eigenvalue weighted by Crippen LogP contribution is -2.45. The Hall–Kier alpha value is -3.24. The fourth-order valence-electron chi connectivity index (χ4n) is 2.22. The van der Waals surface area contributed by atoms with Crippen molar-refractivity contribution in [2.24, 2.45) is 0 Å². The van der Waals surface area contributed by atoms with Gasteiger partial charge in [0.05, 0.1) is 15.9 Å². The Kier molecular flexibility index (Phi) is 6.16. The van der Waals surface area contributed by atoms with E-state index in [1.807, 2.05) is 0 Å². The van der Waals surface area contributed by atoms with E-state index < -0.39 is 28.0 Å². The second-order valence-electron chi connectivity index (χ2n) is 6.15. The molecule has 0 spiro atoms. The van der Waals surface area contributed by atoms with Gasteiger partial charge in [-0.25, -0.2) is 0 Å². The highest BCUT2D eigenvalue weighted by Crippen LogP contribution is 2.29. The Labute approximate surface area is 164 Å². The van der Waals surface area contributed by atoms with Crippen LogP contribution in [0, 0.1) is 27.2 Å². The molecule has 0 aliphatic carbocycles. The zero-order valence-corrected chi connectivity index (χ0v) is 15.6. The molecule has 1 unspecified atom stereocenters. The largest absolute Gasteiger partial charge is 0.490 e. The standard InChI is InChI=1S/C17H16ClN3O7/c1-10-7-11(3-6-14(10)20(24)25)19-16(22)17(2,23)9-28-12-4-5-13(18)15(8-12)21(26)27/h3-8,23H,9H2,1-2H3,(H,19,22). The number of aliphatic hydroxyl groups is 1. The molecule has 0 aliphatic rings. The number of nitrogens with one attached hydrogen (secondary N) is 1. The lowest BCUT2D eigenvalue weighted by molar-refractivity contribution is -0.385. The maximum absolute atomic E-state index is 12.3. The number of rotatable bonds is 7. The first-order chi connectivity index (χ1) is 13.0. The number of ether oxygens (including phenoxy) is 1. The molecule has 1 amide bonds.